The number of hydrogen-bond acceptors (Lipinski definition) is 4. The van der Waals surface area contributed by atoms with Crippen molar-refractivity contribution in [3.05, 3.63) is 59.7 Å². The molecule has 3 aliphatic rings. The number of carbonyl (C=O) groups excluding carboxylic acids is 2. The zero-order valence-electron chi connectivity index (χ0n) is 20.8. The molecule has 0 spiro atoms. The van der Waals surface area contributed by atoms with Crippen LogP contribution in [-0.2, 0) is 4.79 Å². The number of ether oxygens (including phenoxy) is 1. The molecule has 1 saturated carbocycles. The van der Waals surface area contributed by atoms with Gasteiger partial charge in [0.15, 0.2) is 0 Å². The van der Waals surface area contributed by atoms with Gasteiger partial charge >= 0.3 is 0 Å². The molecule has 0 radical (unpaired) electrons. The number of amides is 2. The summed E-state index contributed by atoms with van der Waals surface area (Å²) < 4.78 is 5.21. The van der Waals surface area contributed by atoms with Gasteiger partial charge in [0.1, 0.15) is 5.75 Å². The molecule has 5 rings (SSSR count). The zero-order valence-corrected chi connectivity index (χ0v) is 20.8. The Morgan fingerprint density at radius 2 is 1.83 bits per heavy atom. The van der Waals surface area contributed by atoms with Crippen LogP contribution in [0.25, 0.3) is 0 Å². The van der Waals surface area contributed by atoms with Crippen LogP contribution in [0, 0.1) is 11.8 Å². The van der Waals surface area contributed by atoms with E-state index in [1.54, 1.807) is 31.4 Å². The number of nitrogens with one attached hydrogen (secondary N) is 2. The molecule has 35 heavy (non-hydrogen) atoms. The molecule has 0 bridgehead atoms. The summed E-state index contributed by atoms with van der Waals surface area (Å²) in [4.78, 5) is 29.3. The summed E-state index contributed by atoms with van der Waals surface area (Å²) in [5, 5.41) is 6.97. The van der Waals surface area contributed by atoms with Crippen LogP contribution < -0.4 is 15.4 Å². The minimum Gasteiger partial charge on any atom is -0.497 e. The molecule has 186 valence electrons. The molecule has 2 aromatic carbocycles. The first-order chi connectivity index (χ1) is 17.1. The van der Waals surface area contributed by atoms with E-state index in [9.17, 15) is 9.59 Å². The van der Waals surface area contributed by atoms with Crippen molar-refractivity contribution in [2.45, 2.75) is 70.0 Å². The summed E-state index contributed by atoms with van der Waals surface area (Å²) in [5.74, 6) is 1.08. The Morgan fingerprint density at radius 1 is 1.06 bits per heavy atom. The first-order valence-corrected chi connectivity index (χ1v) is 13.2. The van der Waals surface area contributed by atoms with Gasteiger partial charge in [0.25, 0.3) is 5.91 Å². The van der Waals surface area contributed by atoms with Crippen molar-refractivity contribution in [1.29, 1.82) is 0 Å². The lowest BCUT2D eigenvalue weighted by molar-refractivity contribution is -0.138. The van der Waals surface area contributed by atoms with Gasteiger partial charge in [-0.1, -0.05) is 44.4 Å². The van der Waals surface area contributed by atoms with Crippen molar-refractivity contribution >= 4 is 17.5 Å². The number of methoxy groups -OCH3 is 1. The number of para-hydroxylation sites is 1. The number of fused-ring (bicyclic) bond motifs is 3. The molecule has 0 unspecified atom stereocenters. The van der Waals surface area contributed by atoms with Gasteiger partial charge in [0, 0.05) is 35.8 Å². The number of likely N-dealkylation sites (tertiary alicyclic amines) is 1. The maximum Gasteiger partial charge on any atom is 0.251 e. The predicted octanol–water partition coefficient (Wildman–Crippen LogP) is 5.17. The number of anilines is 1. The number of carbonyl (C=O) groups is 2. The molecule has 2 amide bonds. The van der Waals surface area contributed by atoms with Gasteiger partial charge < -0.3 is 20.3 Å². The molecule has 2 aliphatic heterocycles. The van der Waals surface area contributed by atoms with Crippen molar-refractivity contribution in [3.8, 4) is 5.75 Å². The molecule has 6 nitrogen and oxygen atoms in total. The molecule has 1 saturated heterocycles. The fourth-order valence-electron chi connectivity index (χ4n) is 6.48. The third-order valence-electron chi connectivity index (χ3n) is 8.22. The summed E-state index contributed by atoms with van der Waals surface area (Å²) in [6, 6.07) is 16.0. The lowest BCUT2D eigenvalue weighted by Crippen LogP contribution is -2.50. The van der Waals surface area contributed by atoms with Gasteiger partial charge in [-0.15, -0.1) is 0 Å². The van der Waals surface area contributed by atoms with E-state index in [1.165, 1.54) is 11.3 Å². The molecule has 2 N–H and O–H groups in total. The van der Waals surface area contributed by atoms with Gasteiger partial charge in [-0.25, -0.2) is 0 Å². The van der Waals surface area contributed by atoms with Crippen molar-refractivity contribution in [2.75, 3.05) is 19.0 Å². The minimum absolute atomic E-state index is 0.119. The van der Waals surface area contributed by atoms with Gasteiger partial charge in [0.05, 0.1) is 19.1 Å². The highest BCUT2D eigenvalue weighted by atomic mass is 16.5. The maximum atomic E-state index is 14.1. The van der Waals surface area contributed by atoms with E-state index in [1.807, 2.05) is 0 Å². The van der Waals surface area contributed by atoms with E-state index in [0.717, 1.165) is 57.2 Å². The summed E-state index contributed by atoms with van der Waals surface area (Å²) in [6.45, 7) is 3.02. The minimum atomic E-state index is -0.170. The van der Waals surface area contributed by atoms with Crippen LogP contribution in [-0.4, -0.2) is 42.5 Å². The average Bonchev–Trinajstić information content (AvgIpc) is 3.35. The number of rotatable bonds is 6. The Balaban J connectivity index is 1.36. The van der Waals surface area contributed by atoms with Crippen LogP contribution in [0.2, 0.25) is 0 Å². The van der Waals surface area contributed by atoms with E-state index in [4.69, 9.17) is 4.74 Å². The smallest absolute Gasteiger partial charge is 0.251 e. The Labute approximate surface area is 208 Å². The lowest BCUT2D eigenvalue weighted by atomic mass is 9.80. The monoisotopic (exact) mass is 475 g/mol. The van der Waals surface area contributed by atoms with E-state index < -0.39 is 0 Å². The molecule has 0 aromatic heterocycles. The molecular formula is C29H37N3O3. The second-order valence-corrected chi connectivity index (χ2v) is 10.3. The average molecular weight is 476 g/mol. The second kappa shape index (κ2) is 10.3. The SMILES string of the molecule is CCC[C@@H]1Nc2ccccc2[C@H]2[C@@H]1CCN2C(=O)[C@H]1CCCC[C@H]1NC(=O)c1ccc(OC)cc1. The first kappa shape index (κ1) is 23.7. The van der Waals surface area contributed by atoms with Crippen LogP contribution in [0.4, 0.5) is 5.69 Å². The van der Waals surface area contributed by atoms with Crippen LogP contribution in [0.15, 0.2) is 48.5 Å². The fourth-order valence-corrected chi connectivity index (χ4v) is 6.48. The third kappa shape index (κ3) is 4.63. The fraction of sp³-hybridized carbons (Fsp3) is 0.517. The molecule has 5 atom stereocenters. The van der Waals surface area contributed by atoms with Gasteiger partial charge in [-0.2, -0.15) is 0 Å². The predicted molar refractivity (Wildman–Crippen MR) is 138 cm³/mol. The van der Waals surface area contributed by atoms with Gasteiger partial charge in [-0.05, 0) is 61.6 Å². The van der Waals surface area contributed by atoms with E-state index >= 15 is 0 Å². The summed E-state index contributed by atoms with van der Waals surface area (Å²) in [5.41, 5.74) is 3.00. The quantitative estimate of drug-likeness (QED) is 0.605. The Kier molecular flexibility index (Phi) is 6.98. The molecule has 2 heterocycles. The number of benzene rings is 2. The standard InChI is InChI=1S/C29H37N3O3/c1-3-8-24-22-17-18-32(27(22)21-9-4-6-11-25(21)30-24)29(34)23-10-5-7-12-26(23)31-28(33)19-13-15-20(35-2)16-14-19/h4,6,9,11,13-16,22-24,26-27,30H,3,5,7-8,10,12,17-18H2,1-2H3,(H,31,33)/t22-,23+,24+,26-,27+/m1/s1. The zero-order chi connectivity index (χ0) is 24.4. The third-order valence-corrected chi connectivity index (χ3v) is 8.22. The molecule has 6 heteroatoms. The molecule has 2 aromatic rings. The van der Waals surface area contributed by atoms with Crippen LogP contribution >= 0.6 is 0 Å². The lowest BCUT2D eigenvalue weighted by Gasteiger charge is -2.42. The summed E-state index contributed by atoms with van der Waals surface area (Å²) in [6.07, 6.45) is 7.01. The largest absolute Gasteiger partial charge is 0.497 e. The van der Waals surface area contributed by atoms with Crippen LogP contribution in [0.3, 0.4) is 0 Å². The highest BCUT2D eigenvalue weighted by Crippen LogP contribution is 2.48. The normalized spacial score (nSPS) is 27.4. The Bertz CT molecular complexity index is 1050. The van der Waals surface area contributed by atoms with Crippen LogP contribution in [0.5, 0.6) is 5.75 Å². The highest BCUT2D eigenvalue weighted by molar-refractivity contribution is 5.95. The van der Waals surface area contributed by atoms with Crippen LogP contribution in [0.1, 0.15) is 73.8 Å². The first-order valence-electron chi connectivity index (χ1n) is 13.2. The van der Waals surface area contributed by atoms with Gasteiger partial charge in [0.2, 0.25) is 5.91 Å². The molecule has 1 aliphatic carbocycles. The van der Waals surface area contributed by atoms with Crippen molar-refractivity contribution in [1.82, 2.24) is 10.2 Å². The van der Waals surface area contributed by atoms with Crippen molar-refractivity contribution < 1.29 is 14.3 Å². The van der Waals surface area contributed by atoms with E-state index in [-0.39, 0.29) is 29.8 Å². The number of hydrogen-bond donors (Lipinski definition) is 2. The van der Waals surface area contributed by atoms with E-state index in [0.29, 0.717) is 17.5 Å². The summed E-state index contributed by atoms with van der Waals surface area (Å²) in [7, 11) is 1.61. The highest BCUT2D eigenvalue weighted by Gasteiger charge is 2.47. The van der Waals surface area contributed by atoms with Crippen molar-refractivity contribution in [2.24, 2.45) is 11.8 Å². The van der Waals surface area contributed by atoms with Gasteiger partial charge in [-0.3, -0.25) is 9.59 Å². The number of nitrogens with zero attached hydrogens (tertiary/aromatic N) is 1. The maximum absolute atomic E-state index is 14.1. The Morgan fingerprint density at radius 3 is 2.60 bits per heavy atom. The van der Waals surface area contributed by atoms with E-state index in [2.05, 4.69) is 46.7 Å². The molecular weight excluding hydrogens is 438 g/mol. The topological polar surface area (TPSA) is 70.7 Å². The Hall–Kier alpha value is -3.02. The van der Waals surface area contributed by atoms with Crippen molar-refractivity contribution in [3.63, 3.8) is 0 Å². The molecule has 2 fully saturated rings. The summed E-state index contributed by atoms with van der Waals surface area (Å²) >= 11 is 0. The second-order valence-electron chi connectivity index (χ2n) is 10.3.